The SMILES string of the molecule is Cc1oc(-c2ccccc2)nc1CC(=O)N1CCN(S(=O)(=O)c2ccc(Cl)c(Cl)c2)CC1. The molecule has 2 aromatic carbocycles. The first kappa shape index (κ1) is 22.8. The van der Waals surface area contributed by atoms with Crippen LogP contribution in [0.5, 0.6) is 0 Å². The fraction of sp³-hybridized carbons (Fsp3) is 0.273. The Hall–Kier alpha value is -2.39. The van der Waals surface area contributed by atoms with Crippen LogP contribution in [0.15, 0.2) is 57.8 Å². The number of carbonyl (C=O) groups excluding carboxylic acids is 1. The molecule has 1 aliphatic rings. The van der Waals surface area contributed by atoms with Crippen LogP contribution in [-0.2, 0) is 21.2 Å². The van der Waals surface area contributed by atoms with E-state index in [-0.39, 0.29) is 35.3 Å². The van der Waals surface area contributed by atoms with Gasteiger partial charge in [0.1, 0.15) is 5.76 Å². The predicted octanol–water partition coefficient (Wildman–Crippen LogP) is 4.03. The summed E-state index contributed by atoms with van der Waals surface area (Å²) in [5.41, 5.74) is 1.43. The van der Waals surface area contributed by atoms with E-state index in [2.05, 4.69) is 4.98 Å². The second-order valence-corrected chi connectivity index (χ2v) is 10.2. The zero-order chi connectivity index (χ0) is 22.9. The molecular weight excluding hydrogens is 473 g/mol. The molecule has 0 aliphatic carbocycles. The highest BCUT2D eigenvalue weighted by Gasteiger charge is 2.31. The lowest BCUT2D eigenvalue weighted by molar-refractivity contribution is -0.131. The quantitative estimate of drug-likeness (QED) is 0.535. The van der Waals surface area contributed by atoms with Crippen LogP contribution >= 0.6 is 23.2 Å². The maximum Gasteiger partial charge on any atom is 0.243 e. The molecule has 1 saturated heterocycles. The van der Waals surface area contributed by atoms with Gasteiger partial charge in [0.05, 0.1) is 27.1 Å². The second-order valence-electron chi connectivity index (χ2n) is 7.43. The number of hydrogen-bond acceptors (Lipinski definition) is 5. The highest BCUT2D eigenvalue weighted by Crippen LogP contribution is 2.27. The van der Waals surface area contributed by atoms with Gasteiger partial charge >= 0.3 is 0 Å². The average Bonchev–Trinajstić information content (AvgIpc) is 3.16. The minimum atomic E-state index is -3.72. The Bertz CT molecular complexity index is 1240. The van der Waals surface area contributed by atoms with Crippen molar-refractivity contribution in [3.8, 4) is 11.5 Å². The molecule has 1 aromatic heterocycles. The highest BCUT2D eigenvalue weighted by molar-refractivity contribution is 7.89. The van der Waals surface area contributed by atoms with E-state index in [1.165, 1.54) is 22.5 Å². The molecule has 32 heavy (non-hydrogen) atoms. The number of aryl methyl sites for hydroxylation is 1. The first-order valence-electron chi connectivity index (χ1n) is 10.0. The van der Waals surface area contributed by atoms with Gasteiger partial charge in [-0.1, -0.05) is 41.4 Å². The van der Waals surface area contributed by atoms with E-state index in [1.807, 2.05) is 30.3 Å². The lowest BCUT2D eigenvalue weighted by Crippen LogP contribution is -2.50. The van der Waals surface area contributed by atoms with Gasteiger partial charge in [0.2, 0.25) is 21.8 Å². The van der Waals surface area contributed by atoms with Gasteiger partial charge in [0, 0.05) is 31.7 Å². The van der Waals surface area contributed by atoms with E-state index < -0.39 is 10.0 Å². The number of halogens is 2. The molecule has 1 amide bonds. The fourth-order valence-corrected chi connectivity index (χ4v) is 5.33. The Labute approximate surface area is 196 Å². The van der Waals surface area contributed by atoms with Gasteiger partial charge < -0.3 is 9.32 Å². The van der Waals surface area contributed by atoms with Crippen molar-refractivity contribution in [3.05, 3.63) is 70.0 Å². The summed E-state index contributed by atoms with van der Waals surface area (Å²) in [6.45, 7) is 2.76. The van der Waals surface area contributed by atoms with Gasteiger partial charge in [-0.2, -0.15) is 4.31 Å². The van der Waals surface area contributed by atoms with Crippen LogP contribution in [0.2, 0.25) is 10.0 Å². The van der Waals surface area contributed by atoms with Crippen LogP contribution in [0.3, 0.4) is 0 Å². The molecule has 0 spiro atoms. The van der Waals surface area contributed by atoms with Gasteiger partial charge in [0.15, 0.2) is 0 Å². The van der Waals surface area contributed by atoms with Crippen molar-refractivity contribution in [2.75, 3.05) is 26.2 Å². The Morgan fingerprint density at radius 3 is 2.38 bits per heavy atom. The summed E-state index contributed by atoms with van der Waals surface area (Å²) in [4.78, 5) is 19.0. The zero-order valence-electron chi connectivity index (χ0n) is 17.3. The summed E-state index contributed by atoms with van der Waals surface area (Å²) in [6.07, 6.45) is 0.0989. The molecule has 0 unspecified atom stereocenters. The van der Waals surface area contributed by atoms with Crippen molar-refractivity contribution in [1.82, 2.24) is 14.2 Å². The number of nitrogens with zero attached hydrogens (tertiary/aromatic N) is 3. The monoisotopic (exact) mass is 493 g/mol. The largest absolute Gasteiger partial charge is 0.441 e. The van der Waals surface area contributed by atoms with E-state index in [0.717, 1.165) is 5.56 Å². The minimum absolute atomic E-state index is 0.0818. The third-order valence-corrected chi connectivity index (χ3v) is 7.99. The van der Waals surface area contributed by atoms with Gasteiger partial charge in [-0.05, 0) is 37.3 Å². The smallest absolute Gasteiger partial charge is 0.243 e. The number of rotatable bonds is 5. The number of amides is 1. The third-order valence-electron chi connectivity index (χ3n) is 5.35. The van der Waals surface area contributed by atoms with E-state index >= 15 is 0 Å². The average molecular weight is 494 g/mol. The van der Waals surface area contributed by atoms with Crippen LogP contribution in [0.4, 0.5) is 0 Å². The molecule has 0 bridgehead atoms. The normalized spacial score (nSPS) is 15.2. The Kier molecular flexibility index (Phi) is 6.57. The van der Waals surface area contributed by atoms with Crippen LogP contribution in [0.1, 0.15) is 11.5 Å². The standard InChI is InChI=1S/C22H21Cl2N3O4S/c1-15-20(25-22(31-15)16-5-3-2-4-6-16)14-21(28)26-9-11-27(12-10-26)32(29,30)17-7-8-18(23)19(24)13-17/h2-8,13H,9-12,14H2,1H3. The summed E-state index contributed by atoms with van der Waals surface area (Å²) in [6, 6.07) is 13.7. The van der Waals surface area contributed by atoms with Gasteiger partial charge in [-0.3, -0.25) is 4.79 Å². The molecule has 4 rings (SSSR count). The van der Waals surface area contributed by atoms with Crippen molar-refractivity contribution < 1.29 is 17.6 Å². The lowest BCUT2D eigenvalue weighted by atomic mass is 10.2. The maximum absolute atomic E-state index is 12.9. The molecular formula is C22H21Cl2N3O4S. The Morgan fingerprint density at radius 2 is 1.72 bits per heavy atom. The zero-order valence-corrected chi connectivity index (χ0v) is 19.6. The number of benzene rings is 2. The predicted molar refractivity (Wildman–Crippen MR) is 122 cm³/mol. The highest BCUT2D eigenvalue weighted by atomic mass is 35.5. The van der Waals surface area contributed by atoms with Gasteiger partial charge in [-0.15, -0.1) is 0 Å². The van der Waals surface area contributed by atoms with Crippen molar-refractivity contribution in [2.45, 2.75) is 18.2 Å². The van der Waals surface area contributed by atoms with Crippen LogP contribution in [0.25, 0.3) is 11.5 Å². The van der Waals surface area contributed by atoms with Gasteiger partial charge in [-0.25, -0.2) is 13.4 Å². The first-order chi connectivity index (χ1) is 15.3. The summed E-state index contributed by atoms with van der Waals surface area (Å²) < 4.78 is 32.9. The molecule has 168 valence electrons. The summed E-state index contributed by atoms with van der Waals surface area (Å²) >= 11 is 11.9. The molecule has 0 radical (unpaired) electrons. The number of oxazole rings is 1. The van der Waals surface area contributed by atoms with E-state index in [0.29, 0.717) is 35.5 Å². The molecule has 0 N–H and O–H groups in total. The van der Waals surface area contributed by atoms with E-state index in [1.54, 1.807) is 11.8 Å². The number of carbonyl (C=O) groups is 1. The molecule has 10 heteroatoms. The molecule has 3 aromatic rings. The third kappa shape index (κ3) is 4.68. The van der Waals surface area contributed by atoms with Crippen LogP contribution in [-0.4, -0.2) is 54.7 Å². The Morgan fingerprint density at radius 1 is 1.03 bits per heavy atom. The second kappa shape index (κ2) is 9.23. The summed E-state index contributed by atoms with van der Waals surface area (Å²) in [7, 11) is -3.72. The van der Waals surface area contributed by atoms with Crippen molar-refractivity contribution in [2.24, 2.45) is 0 Å². The first-order valence-corrected chi connectivity index (χ1v) is 12.2. The van der Waals surface area contributed by atoms with Crippen LogP contribution in [0, 0.1) is 6.92 Å². The van der Waals surface area contributed by atoms with Crippen molar-refractivity contribution in [1.29, 1.82) is 0 Å². The van der Waals surface area contributed by atoms with E-state index in [9.17, 15) is 13.2 Å². The van der Waals surface area contributed by atoms with Crippen molar-refractivity contribution >= 4 is 39.1 Å². The lowest BCUT2D eigenvalue weighted by Gasteiger charge is -2.34. The minimum Gasteiger partial charge on any atom is -0.441 e. The molecule has 0 saturated carbocycles. The molecule has 1 aliphatic heterocycles. The number of piperazine rings is 1. The topological polar surface area (TPSA) is 83.7 Å². The summed E-state index contributed by atoms with van der Waals surface area (Å²) in [5.74, 6) is 0.953. The molecule has 2 heterocycles. The molecule has 1 fully saturated rings. The molecule has 0 atom stereocenters. The fourth-order valence-electron chi connectivity index (χ4n) is 3.52. The molecule has 7 nitrogen and oxygen atoms in total. The van der Waals surface area contributed by atoms with Crippen molar-refractivity contribution in [3.63, 3.8) is 0 Å². The maximum atomic E-state index is 12.9. The number of hydrogen-bond donors (Lipinski definition) is 0. The number of aromatic nitrogens is 1. The van der Waals surface area contributed by atoms with Gasteiger partial charge in [0.25, 0.3) is 0 Å². The summed E-state index contributed by atoms with van der Waals surface area (Å²) in [5, 5.41) is 0.471. The number of sulfonamides is 1. The van der Waals surface area contributed by atoms with E-state index in [4.69, 9.17) is 27.6 Å². The van der Waals surface area contributed by atoms with Crippen LogP contribution < -0.4 is 0 Å². The Balaban J connectivity index is 1.40.